The Balaban J connectivity index is 1.83. The van der Waals surface area contributed by atoms with E-state index in [0.29, 0.717) is 38.3 Å². The molecule has 2 rings (SSSR count). The molecule has 23 heavy (non-hydrogen) atoms. The molecule has 2 aromatic rings. The van der Waals surface area contributed by atoms with Crippen molar-refractivity contribution in [3.05, 3.63) is 54.2 Å². The normalized spacial score (nSPS) is 10.9. The summed E-state index contributed by atoms with van der Waals surface area (Å²) >= 11 is 0. The van der Waals surface area contributed by atoms with E-state index in [1.54, 1.807) is 25.5 Å². The van der Waals surface area contributed by atoms with Crippen LogP contribution in [0.15, 0.2) is 47.1 Å². The molecule has 0 saturated carbocycles. The molecule has 5 nitrogen and oxygen atoms in total. The van der Waals surface area contributed by atoms with Gasteiger partial charge < -0.3 is 14.5 Å². The zero-order chi connectivity index (χ0) is 16.5. The van der Waals surface area contributed by atoms with Crippen LogP contribution >= 0.6 is 0 Å². The lowest BCUT2D eigenvalue weighted by Crippen LogP contribution is -2.30. The third-order valence-corrected chi connectivity index (χ3v) is 3.33. The highest BCUT2D eigenvalue weighted by Crippen LogP contribution is 2.10. The van der Waals surface area contributed by atoms with E-state index in [0.717, 1.165) is 5.76 Å². The van der Waals surface area contributed by atoms with Gasteiger partial charge in [-0.1, -0.05) is 6.07 Å². The van der Waals surface area contributed by atoms with Crippen molar-refractivity contribution in [3.8, 4) is 0 Å². The summed E-state index contributed by atoms with van der Waals surface area (Å²) in [7, 11) is 1.64. The van der Waals surface area contributed by atoms with Gasteiger partial charge in [-0.2, -0.15) is 0 Å². The summed E-state index contributed by atoms with van der Waals surface area (Å²) in [6, 6.07) is 9.58. The number of hydrogen-bond donors (Lipinski definition) is 1. The molecular weight excluding hydrogens is 299 g/mol. The van der Waals surface area contributed by atoms with Crippen LogP contribution in [-0.2, 0) is 16.1 Å². The van der Waals surface area contributed by atoms with Gasteiger partial charge in [-0.05, 0) is 30.3 Å². The number of benzene rings is 1. The van der Waals surface area contributed by atoms with Gasteiger partial charge in [-0.15, -0.1) is 0 Å². The number of amides is 1. The van der Waals surface area contributed by atoms with E-state index in [1.165, 1.54) is 12.1 Å². The van der Waals surface area contributed by atoms with E-state index in [4.69, 9.17) is 9.15 Å². The maximum absolute atomic E-state index is 13.1. The van der Waals surface area contributed by atoms with Crippen LogP contribution in [0.25, 0.3) is 0 Å². The average molecular weight is 320 g/mol. The summed E-state index contributed by atoms with van der Waals surface area (Å²) in [5, 5.41) is 2.69. The van der Waals surface area contributed by atoms with Crippen LogP contribution in [0.2, 0.25) is 0 Å². The second kappa shape index (κ2) is 9.07. The number of halogens is 1. The number of furan rings is 1. The Kier molecular flexibility index (Phi) is 6.77. The third-order valence-electron chi connectivity index (χ3n) is 3.33. The Hall–Kier alpha value is -2.18. The second-order valence-electron chi connectivity index (χ2n) is 5.16. The molecule has 6 heteroatoms. The van der Waals surface area contributed by atoms with Crippen LogP contribution < -0.4 is 5.32 Å². The van der Waals surface area contributed by atoms with Crippen molar-refractivity contribution in [1.29, 1.82) is 0 Å². The summed E-state index contributed by atoms with van der Waals surface area (Å²) in [5.41, 5.74) is 0.462. The Morgan fingerprint density at radius 2 is 2.17 bits per heavy atom. The van der Waals surface area contributed by atoms with Crippen LogP contribution in [0.5, 0.6) is 0 Å². The van der Waals surface area contributed by atoms with Gasteiger partial charge in [-0.25, -0.2) is 4.39 Å². The quantitative estimate of drug-likeness (QED) is 0.772. The Morgan fingerprint density at radius 1 is 1.30 bits per heavy atom. The van der Waals surface area contributed by atoms with E-state index in [9.17, 15) is 9.18 Å². The van der Waals surface area contributed by atoms with Gasteiger partial charge in [0.1, 0.15) is 11.6 Å². The van der Waals surface area contributed by atoms with Gasteiger partial charge in [0.05, 0.1) is 19.4 Å². The van der Waals surface area contributed by atoms with Crippen molar-refractivity contribution in [1.82, 2.24) is 4.90 Å². The average Bonchev–Trinajstić information content (AvgIpc) is 3.03. The molecule has 0 atom stereocenters. The molecule has 0 aliphatic heterocycles. The fourth-order valence-electron chi connectivity index (χ4n) is 2.16. The SMILES string of the molecule is COCCN(CCC(=O)Nc1cccc(F)c1)Cc1ccco1. The number of methoxy groups -OCH3 is 1. The lowest BCUT2D eigenvalue weighted by Gasteiger charge is -2.20. The fourth-order valence-corrected chi connectivity index (χ4v) is 2.16. The van der Waals surface area contributed by atoms with Gasteiger partial charge in [-0.3, -0.25) is 9.69 Å². The Labute approximate surface area is 135 Å². The topological polar surface area (TPSA) is 54.7 Å². The molecule has 1 aromatic heterocycles. The standard InChI is InChI=1S/C17H21FN2O3/c1-22-11-9-20(13-16-6-3-10-23-16)8-7-17(21)19-15-5-2-4-14(18)12-15/h2-6,10,12H,7-9,11,13H2,1H3,(H,19,21). The van der Waals surface area contributed by atoms with Gasteiger partial charge >= 0.3 is 0 Å². The fraction of sp³-hybridized carbons (Fsp3) is 0.353. The monoisotopic (exact) mass is 320 g/mol. The highest BCUT2D eigenvalue weighted by atomic mass is 19.1. The molecule has 1 amide bonds. The zero-order valence-electron chi connectivity index (χ0n) is 13.1. The number of anilines is 1. The number of carbonyl (C=O) groups is 1. The predicted octanol–water partition coefficient (Wildman–Crippen LogP) is 2.90. The lowest BCUT2D eigenvalue weighted by molar-refractivity contribution is -0.116. The Morgan fingerprint density at radius 3 is 2.87 bits per heavy atom. The number of ether oxygens (including phenoxy) is 1. The van der Waals surface area contributed by atoms with E-state index in [1.807, 2.05) is 12.1 Å². The second-order valence-corrected chi connectivity index (χ2v) is 5.16. The van der Waals surface area contributed by atoms with Crippen LogP contribution in [-0.4, -0.2) is 37.6 Å². The van der Waals surface area contributed by atoms with Crippen LogP contribution in [0.4, 0.5) is 10.1 Å². The van der Waals surface area contributed by atoms with Gasteiger partial charge in [0.25, 0.3) is 0 Å². The molecule has 1 aromatic carbocycles. The van der Waals surface area contributed by atoms with Gasteiger partial charge in [0.15, 0.2) is 0 Å². The van der Waals surface area contributed by atoms with E-state index >= 15 is 0 Å². The number of hydrogen-bond acceptors (Lipinski definition) is 4. The summed E-state index contributed by atoms with van der Waals surface area (Å²) in [5.74, 6) is 0.312. The third kappa shape index (κ3) is 6.22. The van der Waals surface area contributed by atoms with E-state index in [2.05, 4.69) is 10.2 Å². The van der Waals surface area contributed by atoms with E-state index in [-0.39, 0.29) is 11.7 Å². The summed E-state index contributed by atoms with van der Waals surface area (Å²) in [6.07, 6.45) is 1.93. The molecule has 1 heterocycles. The molecule has 0 aliphatic carbocycles. The molecule has 0 unspecified atom stereocenters. The molecule has 0 saturated heterocycles. The first-order valence-corrected chi connectivity index (χ1v) is 7.46. The van der Waals surface area contributed by atoms with Crippen molar-refractivity contribution in [3.63, 3.8) is 0 Å². The summed E-state index contributed by atoms with van der Waals surface area (Å²) in [6.45, 7) is 2.45. The number of carbonyl (C=O) groups excluding carboxylic acids is 1. The predicted molar refractivity (Wildman–Crippen MR) is 85.5 cm³/mol. The molecule has 124 valence electrons. The summed E-state index contributed by atoms with van der Waals surface area (Å²) < 4.78 is 23.5. The highest BCUT2D eigenvalue weighted by molar-refractivity contribution is 5.90. The number of nitrogens with one attached hydrogen (secondary N) is 1. The zero-order valence-corrected chi connectivity index (χ0v) is 13.1. The molecule has 0 aliphatic rings. The minimum atomic E-state index is -0.373. The van der Waals surface area contributed by atoms with Gasteiger partial charge in [0, 0.05) is 32.3 Å². The smallest absolute Gasteiger partial charge is 0.225 e. The maximum Gasteiger partial charge on any atom is 0.225 e. The minimum Gasteiger partial charge on any atom is -0.468 e. The van der Waals surface area contributed by atoms with Crippen molar-refractivity contribution >= 4 is 11.6 Å². The largest absolute Gasteiger partial charge is 0.468 e. The molecule has 0 radical (unpaired) electrons. The van der Waals surface area contributed by atoms with Crippen molar-refractivity contribution in [2.45, 2.75) is 13.0 Å². The number of nitrogens with zero attached hydrogens (tertiary/aromatic N) is 1. The first kappa shape index (κ1) is 17.2. The van der Waals surface area contributed by atoms with Gasteiger partial charge in [0.2, 0.25) is 5.91 Å². The minimum absolute atomic E-state index is 0.155. The Bertz CT molecular complexity index is 602. The molecular formula is C17H21FN2O3. The van der Waals surface area contributed by atoms with Crippen molar-refractivity contribution < 1.29 is 18.3 Å². The molecule has 1 N–H and O–H groups in total. The van der Waals surface area contributed by atoms with Crippen LogP contribution in [0.1, 0.15) is 12.2 Å². The molecule has 0 bridgehead atoms. The lowest BCUT2D eigenvalue weighted by atomic mass is 10.3. The van der Waals surface area contributed by atoms with Crippen LogP contribution in [0, 0.1) is 5.82 Å². The maximum atomic E-state index is 13.1. The number of rotatable bonds is 9. The van der Waals surface area contributed by atoms with Crippen molar-refractivity contribution in [2.75, 3.05) is 32.1 Å². The highest BCUT2D eigenvalue weighted by Gasteiger charge is 2.11. The first-order valence-electron chi connectivity index (χ1n) is 7.46. The van der Waals surface area contributed by atoms with E-state index < -0.39 is 0 Å². The molecule has 0 fully saturated rings. The first-order chi connectivity index (χ1) is 11.2. The van der Waals surface area contributed by atoms with Crippen molar-refractivity contribution in [2.24, 2.45) is 0 Å². The molecule has 0 spiro atoms. The summed E-state index contributed by atoms with van der Waals surface area (Å²) in [4.78, 5) is 14.1. The van der Waals surface area contributed by atoms with Crippen LogP contribution in [0.3, 0.4) is 0 Å².